The van der Waals surface area contributed by atoms with Crippen LogP contribution in [0.5, 0.6) is 0 Å². The average Bonchev–Trinajstić information content (AvgIpc) is 2.94. The summed E-state index contributed by atoms with van der Waals surface area (Å²) in [7, 11) is 1.64. The van der Waals surface area contributed by atoms with Crippen LogP contribution in [0.2, 0.25) is 0 Å². The van der Waals surface area contributed by atoms with Crippen molar-refractivity contribution in [2.24, 2.45) is 0 Å². The zero-order chi connectivity index (χ0) is 14.6. The van der Waals surface area contributed by atoms with Crippen molar-refractivity contribution < 1.29 is 9.26 Å². The highest BCUT2D eigenvalue weighted by Crippen LogP contribution is 2.25. The molecule has 2 N–H and O–H groups in total. The first-order valence-electron chi connectivity index (χ1n) is 6.50. The van der Waals surface area contributed by atoms with E-state index < -0.39 is 5.60 Å². The van der Waals surface area contributed by atoms with Crippen LogP contribution in [0.1, 0.15) is 37.5 Å². The summed E-state index contributed by atoms with van der Waals surface area (Å²) < 4.78 is 10.6. The fourth-order valence-corrected chi connectivity index (χ4v) is 1.74. The lowest BCUT2D eigenvalue weighted by molar-refractivity contribution is -0.0106. The quantitative estimate of drug-likeness (QED) is 0.847. The molecule has 2 rings (SSSR count). The third-order valence-corrected chi connectivity index (χ3v) is 3.37. The van der Waals surface area contributed by atoms with Crippen LogP contribution in [0, 0.1) is 0 Å². The molecule has 0 aliphatic heterocycles. The van der Waals surface area contributed by atoms with Gasteiger partial charge in [-0.1, -0.05) is 24.2 Å². The highest BCUT2D eigenvalue weighted by molar-refractivity contribution is 5.67. The van der Waals surface area contributed by atoms with Gasteiger partial charge in [-0.2, -0.15) is 4.98 Å². The van der Waals surface area contributed by atoms with E-state index in [0.29, 0.717) is 11.7 Å². The molecule has 0 fully saturated rings. The van der Waals surface area contributed by atoms with Gasteiger partial charge in [0.05, 0.1) is 0 Å². The molecule has 0 aliphatic carbocycles. The predicted octanol–water partition coefficient (Wildman–Crippen LogP) is 3.09. The highest BCUT2D eigenvalue weighted by atomic mass is 16.5. The minimum absolute atomic E-state index is 0.444. The SMILES string of the molecule is CCC(C)(OC)c1noc(/C=C/c2cccc(N)c2)n1. The number of nitrogens with zero attached hydrogens (tertiary/aromatic N) is 2. The topological polar surface area (TPSA) is 74.2 Å². The molecule has 0 amide bonds. The second-order valence-corrected chi connectivity index (χ2v) is 4.75. The smallest absolute Gasteiger partial charge is 0.250 e. The number of ether oxygens (including phenoxy) is 1. The van der Waals surface area contributed by atoms with E-state index in [-0.39, 0.29) is 0 Å². The average molecular weight is 273 g/mol. The molecule has 1 aromatic carbocycles. The van der Waals surface area contributed by atoms with E-state index in [0.717, 1.165) is 17.7 Å². The molecule has 1 aromatic heterocycles. The molecule has 2 aromatic rings. The second kappa shape index (κ2) is 5.88. The van der Waals surface area contributed by atoms with Gasteiger partial charge in [-0.3, -0.25) is 0 Å². The Labute approximate surface area is 118 Å². The lowest BCUT2D eigenvalue weighted by atomic mass is 10.0. The fourth-order valence-electron chi connectivity index (χ4n) is 1.74. The molecule has 0 aliphatic rings. The van der Waals surface area contributed by atoms with E-state index in [4.69, 9.17) is 15.0 Å². The number of nitrogens with two attached hydrogens (primary N) is 1. The zero-order valence-electron chi connectivity index (χ0n) is 12.0. The van der Waals surface area contributed by atoms with Gasteiger partial charge < -0.3 is 15.0 Å². The Morgan fingerprint density at radius 3 is 2.85 bits per heavy atom. The van der Waals surface area contributed by atoms with E-state index in [9.17, 15) is 0 Å². The molecule has 0 bridgehead atoms. The molecule has 5 nitrogen and oxygen atoms in total. The molecule has 0 spiro atoms. The molecule has 1 heterocycles. The van der Waals surface area contributed by atoms with Crippen LogP contribution in [-0.4, -0.2) is 17.3 Å². The van der Waals surface area contributed by atoms with Crippen molar-refractivity contribution in [1.29, 1.82) is 0 Å². The van der Waals surface area contributed by atoms with Crippen molar-refractivity contribution in [3.8, 4) is 0 Å². The van der Waals surface area contributed by atoms with Crippen LogP contribution in [-0.2, 0) is 10.3 Å². The first-order valence-corrected chi connectivity index (χ1v) is 6.50. The van der Waals surface area contributed by atoms with E-state index in [1.165, 1.54) is 0 Å². The van der Waals surface area contributed by atoms with Gasteiger partial charge in [0.25, 0.3) is 5.89 Å². The summed E-state index contributed by atoms with van der Waals surface area (Å²) >= 11 is 0. The van der Waals surface area contributed by atoms with Gasteiger partial charge >= 0.3 is 0 Å². The lowest BCUT2D eigenvalue weighted by Gasteiger charge is -2.21. The first kappa shape index (κ1) is 14.3. The first-order chi connectivity index (χ1) is 9.57. The van der Waals surface area contributed by atoms with Crippen LogP contribution in [0.25, 0.3) is 12.2 Å². The molecule has 0 radical (unpaired) electrons. The van der Waals surface area contributed by atoms with Crippen molar-refractivity contribution in [3.63, 3.8) is 0 Å². The van der Waals surface area contributed by atoms with Crippen LogP contribution in [0.3, 0.4) is 0 Å². The number of aromatic nitrogens is 2. The second-order valence-electron chi connectivity index (χ2n) is 4.75. The molecule has 1 atom stereocenters. The summed E-state index contributed by atoms with van der Waals surface area (Å²) in [5, 5.41) is 3.97. The Morgan fingerprint density at radius 2 is 2.20 bits per heavy atom. The summed E-state index contributed by atoms with van der Waals surface area (Å²) in [5.41, 5.74) is 6.90. The van der Waals surface area contributed by atoms with Crippen molar-refractivity contribution in [1.82, 2.24) is 10.1 Å². The minimum atomic E-state index is -0.521. The molecule has 20 heavy (non-hydrogen) atoms. The predicted molar refractivity (Wildman–Crippen MR) is 78.7 cm³/mol. The van der Waals surface area contributed by atoms with Gasteiger partial charge in [-0.05, 0) is 37.1 Å². The summed E-state index contributed by atoms with van der Waals surface area (Å²) in [6, 6.07) is 7.56. The van der Waals surface area contributed by atoms with Gasteiger partial charge in [0.2, 0.25) is 5.82 Å². The van der Waals surface area contributed by atoms with E-state index in [1.807, 2.05) is 44.2 Å². The van der Waals surface area contributed by atoms with Gasteiger partial charge in [-0.15, -0.1) is 0 Å². The van der Waals surface area contributed by atoms with Crippen LogP contribution >= 0.6 is 0 Å². The maximum atomic E-state index is 5.72. The lowest BCUT2D eigenvalue weighted by Crippen LogP contribution is -2.24. The third-order valence-electron chi connectivity index (χ3n) is 3.37. The molecular weight excluding hydrogens is 254 g/mol. The fraction of sp³-hybridized carbons (Fsp3) is 0.333. The number of rotatable bonds is 5. The molecule has 5 heteroatoms. The maximum absolute atomic E-state index is 5.72. The number of anilines is 1. The summed E-state index contributed by atoms with van der Waals surface area (Å²) in [5.74, 6) is 0.994. The standard InChI is InChI=1S/C15H19N3O2/c1-4-15(2,19-3)14-17-13(20-18-14)9-8-11-6-5-7-12(16)10-11/h5-10H,4,16H2,1-3H3/b9-8+. The molecule has 0 saturated heterocycles. The Bertz CT molecular complexity index is 601. The normalized spacial score (nSPS) is 14.6. The van der Waals surface area contributed by atoms with Gasteiger partial charge in [-0.25, -0.2) is 0 Å². The van der Waals surface area contributed by atoms with E-state index >= 15 is 0 Å². The molecular formula is C15H19N3O2. The summed E-state index contributed by atoms with van der Waals surface area (Å²) in [6.45, 7) is 3.95. The third kappa shape index (κ3) is 3.05. The van der Waals surface area contributed by atoms with Crippen molar-refractivity contribution in [3.05, 3.63) is 41.5 Å². The van der Waals surface area contributed by atoms with Crippen molar-refractivity contribution in [2.75, 3.05) is 12.8 Å². The van der Waals surface area contributed by atoms with Crippen LogP contribution < -0.4 is 5.73 Å². The van der Waals surface area contributed by atoms with E-state index in [2.05, 4.69) is 10.1 Å². The Morgan fingerprint density at radius 1 is 1.40 bits per heavy atom. The maximum Gasteiger partial charge on any atom is 0.250 e. The Kier molecular flexibility index (Phi) is 4.20. The van der Waals surface area contributed by atoms with E-state index in [1.54, 1.807) is 13.2 Å². The largest absolute Gasteiger partial charge is 0.399 e. The minimum Gasteiger partial charge on any atom is -0.399 e. The molecule has 1 unspecified atom stereocenters. The van der Waals surface area contributed by atoms with Gasteiger partial charge in [0.1, 0.15) is 5.60 Å². The summed E-state index contributed by atoms with van der Waals surface area (Å²) in [6.07, 6.45) is 4.40. The number of hydrogen-bond acceptors (Lipinski definition) is 5. The van der Waals surface area contributed by atoms with Crippen LogP contribution in [0.4, 0.5) is 5.69 Å². The highest BCUT2D eigenvalue weighted by Gasteiger charge is 2.29. The number of benzene rings is 1. The van der Waals surface area contributed by atoms with Crippen molar-refractivity contribution >= 4 is 17.8 Å². The van der Waals surface area contributed by atoms with Crippen molar-refractivity contribution in [2.45, 2.75) is 25.9 Å². The summed E-state index contributed by atoms with van der Waals surface area (Å²) in [4.78, 5) is 4.34. The number of nitrogen functional groups attached to an aromatic ring is 1. The van der Waals surface area contributed by atoms with Gasteiger partial charge in [0, 0.05) is 18.9 Å². The van der Waals surface area contributed by atoms with Gasteiger partial charge in [0.15, 0.2) is 0 Å². The Balaban J connectivity index is 2.18. The Hall–Kier alpha value is -2.14. The molecule has 106 valence electrons. The number of hydrogen-bond donors (Lipinski definition) is 1. The monoisotopic (exact) mass is 273 g/mol. The molecule has 0 saturated carbocycles. The van der Waals surface area contributed by atoms with Crippen LogP contribution in [0.15, 0.2) is 28.8 Å². The zero-order valence-corrected chi connectivity index (χ0v) is 12.0. The number of methoxy groups -OCH3 is 1.